The lowest BCUT2D eigenvalue weighted by molar-refractivity contribution is 0.255. The molecule has 3 N–H and O–H groups in total. The van der Waals surface area contributed by atoms with Crippen LogP contribution in [0.1, 0.15) is 0 Å². The van der Waals surface area contributed by atoms with Gasteiger partial charge in [0.1, 0.15) is 0 Å². The third-order valence-corrected chi connectivity index (χ3v) is 1.08. The molecule has 0 fully saturated rings. The summed E-state index contributed by atoms with van der Waals surface area (Å²) in [4.78, 5) is 11.6. The smallest absolute Gasteiger partial charge is 0.320 e. The molecule has 0 aromatic carbocycles. The monoisotopic (exact) mass is 141 g/mol. The van der Waals surface area contributed by atoms with Crippen LogP contribution in [-0.4, -0.2) is 28.5 Å². The minimum absolute atomic E-state index is 0.410. The van der Waals surface area contributed by atoms with Gasteiger partial charge in [0.05, 0.1) is 6.20 Å². The molecule has 0 spiro atoms. The Balaban J connectivity index is 2.77. The molecule has 0 bridgehead atoms. The number of H-pyrrole nitrogens is 1. The fraction of sp³-hybridized carbons (Fsp3) is 0.250. The number of primary amides is 1. The SMILES string of the molecule is CN(C(N)=O)c1c[nH]nn1. The van der Waals surface area contributed by atoms with E-state index < -0.39 is 6.03 Å². The molecule has 0 aliphatic rings. The Morgan fingerprint density at radius 1 is 1.90 bits per heavy atom. The number of rotatable bonds is 1. The maximum absolute atomic E-state index is 10.5. The fourth-order valence-electron chi connectivity index (χ4n) is 0.472. The number of carbonyl (C=O) groups excluding carboxylic acids is 1. The first-order chi connectivity index (χ1) is 4.72. The molecule has 2 amide bonds. The number of amides is 2. The van der Waals surface area contributed by atoms with Gasteiger partial charge in [-0.15, -0.1) is 5.10 Å². The third kappa shape index (κ3) is 1.04. The molecule has 6 nitrogen and oxygen atoms in total. The molecule has 0 saturated heterocycles. The van der Waals surface area contributed by atoms with E-state index in [0.29, 0.717) is 5.82 Å². The molecule has 0 aliphatic heterocycles. The van der Waals surface area contributed by atoms with Gasteiger partial charge in [-0.05, 0) is 0 Å². The van der Waals surface area contributed by atoms with Crippen molar-refractivity contribution in [3.63, 3.8) is 0 Å². The second kappa shape index (κ2) is 2.34. The van der Waals surface area contributed by atoms with Crippen LogP contribution >= 0.6 is 0 Å². The van der Waals surface area contributed by atoms with Crippen LogP contribution in [0.2, 0.25) is 0 Å². The first-order valence-electron chi connectivity index (χ1n) is 2.61. The Labute approximate surface area is 57.0 Å². The summed E-state index contributed by atoms with van der Waals surface area (Å²) >= 11 is 0. The predicted molar refractivity (Wildman–Crippen MR) is 34.4 cm³/mol. The summed E-state index contributed by atoms with van der Waals surface area (Å²) in [5.74, 6) is 0.410. The van der Waals surface area contributed by atoms with Gasteiger partial charge in [-0.2, -0.15) is 0 Å². The Morgan fingerprint density at radius 3 is 3.00 bits per heavy atom. The molecule has 0 radical (unpaired) electrons. The van der Waals surface area contributed by atoms with Crippen LogP contribution in [-0.2, 0) is 0 Å². The van der Waals surface area contributed by atoms with E-state index in [9.17, 15) is 4.79 Å². The Bertz CT molecular complexity index is 218. The summed E-state index contributed by atoms with van der Waals surface area (Å²) in [6.45, 7) is 0. The van der Waals surface area contributed by atoms with Crippen LogP contribution in [0.15, 0.2) is 6.20 Å². The highest BCUT2D eigenvalue weighted by molar-refractivity contribution is 5.88. The largest absolute Gasteiger partial charge is 0.351 e. The maximum Gasteiger partial charge on any atom is 0.320 e. The number of anilines is 1. The summed E-state index contributed by atoms with van der Waals surface area (Å²) in [5, 5.41) is 9.41. The maximum atomic E-state index is 10.5. The van der Waals surface area contributed by atoms with Gasteiger partial charge in [-0.1, -0.05) is 5.21 Å². The molecule has 54 valence electrons. The van der Waals surface area contributed by atoms with E-state index in [1.165, 1.54) is 18.1 Å². The number of carbonyl (C=O) groups is 1. The average molecular weight is 141 g/mol. The first kappa shape index (κ1) is 6.53. The minimum atomic E-state index is -0.561. The summed E-state index contributed by atoms with van der Waals surface area (Å²) in [7, 11) is 1.51. The molecule has 10 heavy (non-hydrogen) atoms. The van der Waals surface area contributed by atoms with Gasteiger partial charge in [0.2, 0.25) is 0 Å². The Morgan fingerprint density at radius 2 is 2.60 bits per heavy atom. The molecule has 1 aromatic heterocycles. The van der Waals surface area contributed by atoms with Crippen molar-refractivity contribution < 1.29 is 4.79 Å². The fourth-order valence-corrected chi connectivity index (χ4v) is 0.472. The number of nitrogens with two attached hydrogens (primary N) is 1. The van der Waals surface area contributed by atoms with E-state index in [0.717, 1.165) is 0 Å². The van der Waals surface area contributed by atoms with E-state index in [2.05, 4.69) is 15.4 Å². The van der Waals surface area contributed by atoms with E-state index >= 15 is 0 Å². The van der Waals surface area contributed by atoms with Crippen LogP contribution in [0.3, 0.4) is 0 Å². The van der Waals surface area contributed by atoms with Crippen LogP contribution < -0.4 is 10.6 Å². The van der Waals surface area contributed by atoms with Crippen LogP contribution in [0.5, 0.6) is 0 Å². The topological polar surface area (TPSA) is 87.9 Å². The molecule has 0 saturated carbocycles. The number of hydrogen-bond acceptors (Lipinski definition) is 3. The zero-order chi connectivity index (χ0) is 7.56. The van der Waals surface area contributed by atoms with Gasteiger partial charge in [0, 0.05) is 7.05 Å². The Hall–Kier alpha value is -1.59. The molecule has 0 unspecified atom stereocenters. The lowest BCUT2D eigenvalue weighted by Crippen LogP contribution is -2.31. The first-order valence-corrected chi connectivity index (χ1v) is 2.61. The second-order valence-electron chi connectivity index (χ2n) is 1.73. The molecular formula is C4H7N5O. The molecule has 1 aromatic rings. The highest BCUT2D eigenvalue weighted by atomic mass is 16.2. The van der Waals surface area contributed by atoms with Crippen molar-refractivity contribution in [3.8, 4) is 0 Å². The van der Waals surface area contributed by atoms with E-state index in [1.807, 2.05) is 0 Å². The third-order valence-electron chi connectivity index (χ3n) is 1.08. The number of hydrogen-bond donors (Lipinski definition) is 2. The van der Waals surface area contributed by atoms with Gasteiger partial charge in [-0.25, -0.2) is 4.79 Å². The zero-order valence-corrected chi connectivity index (χ0v) is 5.40. The normalized spacial score (nSPS) is 9.30. The molecule has 1 rings (SSSR count). The summed E-state index contributed by atoms with van der Waals surface area (Å²) < 4.78 is 0. The standard InChI is InChI=1S/C4H7N5O/c1-9(4(5)10)3-2-6-8-7-3/h2H,1H3,(H2,5,10)(H,6,7,8). The van der Waals surface area contributed by atoms with E-state index in [1.54, 1.807) is 0 Å². The van der Waals surface area contributed by atoms with Crippen molar-refractivity contribution in [3.05, 3.63) is 6.20 Å². The molecular weight excluding hydrogens is 134 g/mol. The van der Waals surface area contributed by atoms with Crippen molar-refractivity contribution in [2.75, 3.05) is 11.9 Å². The van der Waals surface area contributed by atoms with Crippen LogP contribution in [0, 0.1) is 0 Å². The van der Waals surface area contributed by atoms with Gasteiger partial charge in [0.25, 0.3) is 0 Å². The van der Waals surface area contributed by atoms with Gasteiger partial charge >= 0.3 is 6.03 Å². The summed E-state index contributed by atoms with van der Waals surface area (Å²) in [5.41, 5.74) is 4.93. The summed E-state index contributed by atoms with van der Waals surface area (Å²) in [6.07, 6.45) is 1.48. The van der Waals surface area contributed by atoms with Crippen molar-refractivity contribution in [1.82, 2.24) is 15.4 Å². The quantitative estimate of drug-likeness (QED) is 0.543. The van der Waals surface area contributed by atoms with E-state index in [4.69, 9.17) is 5.73 Å². The second-order valence-corrected chi connectivity index (χ2v) is 1.73. The molecule has 0 aliphatic carbocycles. The van der Waals surface area contributed by atoms with Gasteiger partial charge in [0.15, 0.2) is 5.82 Å². The van der Waals surface area contributed by atoms with Crippen molar-refractivity contribution >= 4 is 11.8 Å². The average Bonchev–Trinajstić information content (AvgIpc) is 2.36. The number of urea groups is 1. The number of aromatic nitrogens is 3. The number of nitrogens with zero attached hydrogens (tertiary/aromatic N) is 3. The van der Waals surface area contributed by atoms with Gasteiger partial charge in [-0.3, -0.25) is 10.00 Å². The lowest BCUT2D eigenvalue weighted by Gasteiger charge is -2.07. The van der Waals surface area contributed by atoms with Crippen LogP contribution in [0.25, 0.3) is 0 Å². The number of nitrogens with one attached hydrogen (secondary N) is 1. The van der Waals surface area contributed by atoms with Crippen molar-refractivity contribution in [2.24, 2.45) is 5.73 Å². The highest BCUT2D eigenvalue weighted by Crippen LogP contribution is 2.01. The lowest BCUT2D eigenvalue weighted by atomic mass is 10.6. The zero-order valence-electron chi connectivity index (χ0n) is 5.40. The highest BCUT2D eigenvalue weighted by Gasteiger charge is 2.07. The minimum Gasteiger partial charge on any atom is -0.351 e. The van der Waals surface area contributed by atoms with Crippen molar-refractivity contribution in [2.45, 2.75) is 0 Å². The van der Waals surface area contributed by atoms with E-state index in [-0.39, 0.29) is 0 Å². The van der Waals surface area contributed by atoms with Gasteiger partial charge < -0.3 is 5.73 Å². The summed E-state index contributed by atoms with van der Waals surface area (Å²) in [6, 6.07) is -0.561. The number of aromatic amines is 1. The molecule has 6 heteroatoms. The molecule has 0 atom stereocenters. The van der Waals surface area contributed by atoms with Crippen molar-refractivity contribution in [1.29, 1.82) is 0 Å². The van der Waals surface area contributed by atoms with Crippen LogP contribution in [0.4, 0.5) is 10.6 Å². The predicted octanol–water partition coefficient (Wildman–Crippen LogP) is -0.680. The molecule has 1 heterocycles. The Kier molecular flexibility index (Phi) is 1.53.